The van der Waals surface area contributed by atoms with Gasteiger partial charge >= 0.3 is 0 Å². The number of amides is 1. The van der Waals surface area contributed by atoms with Gasteiger partial charge in [-0.25, -0.2) is 9.37 Å². The van der Waals surface area contributed by atoms with Crippen LogP contribution in [0.25, 0.3) is 22.4 Å². The number of hydrogen-bond acceptors (Lipinski definition) is 3. The zero-order valence-corrected chi connectivity index (χ0v) is 15.8. The number of anilines is 1. The first kappa shape index (κ1) is 19.3. The quantitative estimate of drug-likeness (QED) is 0.632. The summed E-state index contributed by atoms with van der Waals surface area (Å²) in [5, 5.41) is 6.37. The highest BCUT2D eigenvalue weighted by molar-refractivity contribution is 5.95. The van der Waals surface area contributed by atoms with Gasteiger partial charge in [-0.05, 0) is 56.6 Å². The molecule has 3 aromatic rings. The fourth-order valence-corrected chi connectivity index (χ4v) is 3.47. The van der Waals surface area contributed by atoms with Crippen molar-refractivity contribution in [1.82, 2.24) is 15.3 Å². The molecule has 1 fully saturated rings. The fourth-order valence-electron chi connectivity index (χ4n) is 3.47. The van der Waals surface area contributed by atoms with E-state index in [-0.39, 0.29) is 30.0 Å². The van der Waals surface area contributed by atoms with Crippen LogP contribution in [0.1, 0.15) is 19.8 Å². The number of aromatic nitrogens is 2. The number of nitrogens with zero attached hydrogens (tertiary/aromatic N) is 1. The number of aromatic amines is 1. The maximum Gasteiger partial charge on any atom is 0.227 e. The summed E-state index contributed by atoms with van der Waals surface area (Å²) in [5.41, 5.74) is 3.01. The van der Waals surface area contributed by atoms with Crippen molar-refractivity contribution >= 4 is 35.0 Å². The van der Waals surface area contributed by atoms with E-state index in [2.05, 4.69) is 27.5 Å². The van der Waals surface area contributed by atoms with Gasteiger partial charge in [-0.15, -0.1) is 12.4 Å². The van der Waals surface area contributed by atoms with Gasteiger partial charge in [-0.3, -0.25) is 4.79 Å². The SMILES string of the molecule is C[C@H]1C[C@@H](C(=O)Nc2ccc3nc(-c4cccc(F)c4)[nH]c3c2)CCN1.Cl. The second kappa shape index (κ2) is 8.06. The van der Waals surface area contributed by atoms with Crippen molar-refractivity contribution in [3.63, 3.8) is 0 Å². The van der Waals surface area contributed by atoms with Gasteiger partial charge in [0.25, 0.3) is 0 Å². The second-order valence-corrected chi connectivity index (χ2v) is 6.89. The molecule has 0 aliphatic carbocycles. The molecule has 0 radical (unpaired) electrons. The maximum absolute atomic E-state index is 13.4. The summed E-state index contributed by atoms with van der Waals surface area (Å²) in [5.74, 6) is 0.399. The lowest BCUT2D eigenvalue weighted by molar-refractivity contribution is -0.120. The van der Waals surface area contributed by atoms with E-state index < -0.39 is 0 Å². The molecular weight excluding hydrogens is 367 g/mol. The molecule has 1 saturated heterocycles. The van der Waals surface area contributed by atoms with Crippen molar-refractivity contribution in [3.8, 4) is 11.4 Å². The van der Waals surface area contributed by atoms with Crippen LogP contribution in [0.4, 0.5) is 10.1 Å². The number of halogens is 2. The van der Waals surface area contributed by atoms with Crippen LogP contribution in [-0.4, -0.2) is 28.5 Å². The van der Waals surface area contributed by atoms with Gasteiger partial charge in [0, 0.05) is 23.2 Å². The molecule has 7 heteroatoms. The van der Waals surface area contributed by atoms with Gasteiger partial charge in [0.2, 0.25) is 5.91 Å². The average molecular weight is 389 g/mol. The van der Waals surface area contributed by atoms with Crippen LogP contribution >= 0.6 is 12.4 Å². The third-order valence-corrected chi connectivity index (χ3v) is 4.84. The number of rotatable bonds is 3. The first-order valence-electron chi connectivity index (χ1n) is 8.88. The molecule has 2 aromatic carbocycles. The van der Waals surface area contributed by atoms with Crippen LogP contribution in [0, 0.1) is 11.7 Å². The number of nitrogens with one attached hydrogen (secondary N) is 3. The number of piperidine rings is 1. The molecule has 1 aliphatic heterocycles. The molecule has 0 unspecified atom stereocenters. The topological polar surface area (TPSA) is 69.8 Å². The smallest absolute Gasteiger partial charge is 0.227 e. The second-order valence-electron chi connectivity index (χ2n) is 6.89. The highest BCUT2D eigenvalue weighted by atomic mass is 35.5. The Morgan fingerprint density at radius 3 is 2.89 bits per heavy atom. The third kappa shape index (κ3) is 4.28. The molecule has 2 heterocycles. The predicted molar refractivity (Wildman–Crippen MR) is 108 cm³/mol. The van der Waals surface area contributed by atoms with Gasteiger partial charge in [-0.1, -0.05) is 12.1 Å². The molecule has 0 saturated carbocycles. The van der Waals surface area contributed by atoms with E-state index in [9.17, 15) is 9.18 Å². The highest BCUT2D eigenvalue weighted by Gasteiger charge is 2.24. The molecular formula is C20H22ClFN4O. The third-order valence-electron chi connectivity index (χ3n) is 4.84. The van der Waals surface area contributed by atoms with Crippen LogP contribution in [0.5, 0.6) is 0 Å². The largest absolute Gasteiger partial charge is 0.338 e. The molecule has 142 valence electrons. The van der Waals surface area contributed by atoms with Gasteiger partial charge in [-0.2, -0.15) is 0 Å². The van der Waals surface area contributed by atoms with E-state index >= 15 is 0 Å². The Kier molecular flexibility index (Phi) is 5.77. The van der Waals surface area contributed by atoms with E-state index in [1.54, 1.807) is 6.07 Å². The van der Waals surface area contributed by atoms with Crippen LogP contribution in [0.2, 0.25) is 0 Å². The number of H-pyrrole nitrogens is 1. The number of hydrogen-bond donors (Lipinski definition) is 3. The van der Waals surface area contributed by atoms with Crippen LogP contribution in [-0.2, 0) is 4.79 Å². The van der Waals surface area contributed by atoms with E-state index in [0.717, 1.165) is 36.1 Å². The maximum atomic E-state index is 13.4. The Balaban J connectivity index is 0.00000210. The number of benzene rings is 2. The van der Waals surface area contributed by atoms with Crippen LogP contribution in [0.15, 0.2) is 42.5 Å². The summed E-state index contributed by atoms with van der Waals surface area (Å²) in [6, 6.07) is 12.2. The lowest BCUT2D eigenvalue weighted by Gasteiger charge is -2.27. The van der Waals surface area contributed by atoms with Gasteiger partial charge < -0.3 is 15.6 Å². The van der Waals surface area contributed by atoms with E-state index in [1.165, 1.54) is 12.1 Å². The molecule has 0 bridgehead atoms. The van der Waals surface area contributed by atoms with Gasteiger partial charge in [0.15, 0.2) is 0 Å². The van der Waals surface area contributed by atoms with Gasteiger partial charge in [0.05, 0.1) is 11.0 Å². The summed E-state index contributed by atoms with van der Waals surface area (Å²) in [6.45, 7) is 2.97. The molecule has 4 rings (SSSR count). The lowest BCUT2D eigenvalue weighted by Crippen LogP contribution is -2.40. The van der Waals surface area contributed by atoms with E-state index in [0.29, 0.717) is 17.4 Å². The zero-order valence-electron chi connectivity index (χ0n) is 15.0. The van der Waals surface area contributed by atoms with E-state index in [4.69, 9.17) is 0 Å². The standard InChI is InChI=1S/C20H21FN4O.ClH/c1-12-9-14(7-8-22-12)20(26)23-16-5-6-17-18(11-16)25-19(24-17)13-3-2-4-15(21)10-13;/h2-6,10-12,14,22H,7-9H2,1H3,(H,23,26)(H,24,25);1H/t12-,14-;/m0./s1. The molecule has 27 heavy (non-hydrogen) atoms. The molecule has 0 spiro atoms. The number of carbonyl (C=O) groups is 1. The average Bonchev–Trinajstić information content (AvgIpc) is 3.05. The van der Waals surface area contributed by atoms with Gasteiger partial charge in [0.1, 0.15) is 11.6 Å². The Hall–Kier alpha value is -2.44. The van der Waals surface area contributed by atoms with Crippen molar-refractivity contribution < 1.29 is 9.18 Å². The zero-order chi connectivity index (χ0) is 18.1. The molecule has 1 amide bonds. The number of carbonyl (C=O) groups excluding carboxylic acids is 1. The van der Waals surface area contributed by atoms with Crippen LogP contribution in [0.3, 0.4) is 0 Å². The lowest BCUT2D eigenvalue weighted by atomic mass is 9.92. The molecule has 5 nitrogen and oxygen atoms in total. The Morgan fingerprint density at radius 1 is 1.26 bits per heavy atom. The van der Waals surface area contributed by atoms with Crippen molar-refractivity contribution in [3.05, 3.63) is 48.3 Å². The normalized spacial score (nSPS) is 19.5. The van der Waals surface area contributed by atoms with E-state index in [1.807, 2.05) is 24.3 Å². The molecule has 3 N–H and O–H groups in total. The number of imidazole rings is 1. The highest BCUT2D eigenvalue weighted by Crippen LogP contribution is 2.24. The summed E-state index contributed by atoms with van der Waals surface area (Å²) < 4.78 is 13.4. The Morgan fingerprint density at radius 2 is 2.11 bits per heavy atom. The Bertz CT molecular complexity index is 958. The molecule has 1 aromatic heterocycles. The monoisotopic (exact) mass is 388 g/mol. The van der Waals surface area contributed by atoms with Crippen molar-refractivity contribution in [2.45, 2.75) is 25.8 Å². The van der Waals surface area contributed by atoms with Crippen molar-refractivity contribution in [2.24, 2.45) is 5.92 Å². The summed E-state index contributed by atoms with van der Waals surface area (Å²) in [7, 11) is 0. The molecule has 1 aliphatic rings. The fraction of sp³-hybridized carbons (Fsp3) is 0.300. The summed E-state index contributed by atoms with van der Waals surface area (Å²) in [4.78, 5) is 20.2. The predicted octanol–water partition coefficient (Wildman–Crippen LogP) is 4.12. The summed E-state index contributed by atoms with van der Waals surface area (Å²) >= 11 is 0. The van der Waals surface area contributed by atoms with Crippen molar-refractivity contribution in [1.29, 1.82) is 0 Å². The minimum absolute atomic E-state index is 0. The van der Waals surface area contributed by atoms with Crippen LogP contribution < -0.4 is 10.6 Å². The Labute approximate surface area is 163 Å². The minimum Gasteiger partial charge on any atom is -0.338 e. The summed E-state index contributed by atoms with van der Waals surface area (Å²) in [6.07, 6.45) is 1.70. The molecule has 2 atom stereocenters. The minimum atomic E-state index is -0.299. The first-order chi connectivity index (χ1) is 12.6. The number of fused-ring (bicyclic) bond motifs is 1. The first-order valence-corrected chi connectivity index (χ1v) is 8.88. The van der Waals surface area contributed by atoms with Crippen molar-refractivity contribution in [2.75, 3.05) is 11.9 Å².